The molecule has 0 aliphatic heterocycles. The van der Waals surface area contributed by atoms with E-state index in [-0.39, 0.29) is 12.3 Å². The number of hydrogen-bond donors (Lipinski definition) is 2. The molecule has 1 unspecified atom stereocenters. The second-order valence-electron chi connectivity index (χ2n) is 4.72. The first-order valence-electron chi connectivity index (χ1n) is 5.61. The fraction of sp³-hybridized carbons (Fsp3) is 0.357. The molecule has 0 spiro atoms. The lowest BCUT2D eigenvalue weighted by atomic mass is 9.94. The highest BCUT2D eigenvalue weighted by Crippen LogP contribution is 2.19. The Morgan fingerprint density at radius 3 is 2.47 bits per heavy atom. The minimum atomic E-state index is -1.04. The summed E-state index contributed by atoms with van der Waals surface area (Å²) in [4.78, 5) is 11.7. The monoisotopic (exact) mass is 233 g/mol. The molecule has 0 saturated heterocycles. The van der Waals surface area contributed by atoms with Crippen LogP contribution in [0.1, 0.15) is 26.7 Å². The molecular weight excluding hydrogens is 214 g/mol. The normalized spacial score (nSPS) is 13.8. The summed E-state index contributed by atoms with van der Waals surface area (Å²) in [6.07, 6.45) is 0.490. The van der Waals surface area contributed by atoms with Crippen LogP contribution in [0.25, 0.3) is 0 Å². The molecule has 3 heteroatoms. The van der Waals surface area contributed by atoms with Crippen LogP contribution in [0.4, 0.5) is 5.69 Å². The molecule has 1 amide bonds. The molecule has 0 heterocycles. The van der Waals surface area contributed by atoms with Crippen LogP contribution in [0.5, 0.6) is 0 Å². The molecule has 2 N–H and O–H groups in total. The van der Waals surface area contributed by atoms with Gasteiger partial charge in [-0.1, -0.05) is 23.8 Å². The van der Waals surface area contributed by atoms with Crippen molar-refractivity contribution in [1.29, 1.82) is 0 Å². The van der Waals surface area contributed by atoms with E-state index in [0.29, 0.717) is 6.42 Å². The Morgan fingerprint density at radius 1 is 1.35 bits per heavy atom. The summed E-state index contributed by atoms with van der Waals surface area (Å²) in [5, 5.41) is 12.8. The molecule has 1 aromatic carbocycles. The molecule has 92 valence electrons. The van der Waals surface area contributed by atoms with Crippen molar-refractivity contribution in [2.75, 3.05) is 5.32 Å². The van der Waals surface area contributed by atoms with Gasteiger partial charge in [-0.25, -0.2) is 0 Å². The first-order chi connectivity index (χ1) is 7.89. The van der Waals surface area contributed by atoms with Gasteiger partial charge in [0.05, 0.1) is 12.0 Å². The van der Waals surface area contributed by atoms with Gasteiger partial charge in [0.25, 0.3) is 0 Å². The minimum Gasteiger partial charge on any atom is -0.389 e. The summed E-state index contributed by atoms with van der Waals surface area (Å²) < 4.78 is 0. The van der Waals surface area contributed by atoms with E-state index in [0.717, 1.165) is 11.3 Å². The average molecular weight is 233 g/mol. The summed E-state index contributed by atoms with van der Waals surface area (Å²) in [7, 11) is 0. The van der Waals surface area contributed by atoms with E-state index in [2.05, 4.69) is 11.9 Å². The highest BCUT2D eigenvalue weighted by atomic mass is 16.3. The first kappa shape index (κ1) is 13.5. The van der Waals surface area contributed by atoms with Crippen LogP contribution in [0, 0.1) is 0 Å². The Labute approximate surface area is 102 Å². The maximum absolute atomic E-state index is 11.7. The van der Waals surface area contributed by atoms with Crippen molar-refractivity contribution in [3.63, 3.8) is 0 Å². The van der Waals surface area contributed by atoms with Crippen LogP contribution >= 0.6 is 0 Å². The van der Waals surface area contributed by atoms with E-state index in [4.69, 9.17) is 0 Å². The standard InChI is InChI=1S/C14H19NO2/c1-11(2)9-14(3,17)10-13(16)15-12-7-5-4-6-8-12/h4-8,17H,1,9-10H2,2-3H3,(H,15,16). The highest BCUT2D eigenvalue weighted by Gasteiger charge is 2.24. The van der Waals surface area contributed by atoms with Gasteiger partial charge in [0.15, 0.2) is 0 Å². The van der Waals surface area contributed by atoms with E-state index in [1.54, 1.807) is 6.92 Å². The smallest absolute Gasteiger partial charge is 0.227 e. The van der Waals surface area contributed by atoms with Gasteiger partial charge in [0.2, 0.25) is 5.91 Å². The molecule has 0 saturated carbocycles. The number of anilines is 1. The van der Waals surface area contributed by atoms with Crippen molar-refractivity contribution in [3.05, 3.63) is 42.5 Å². The van der Waals surface area contributed by atoms with Crippen molar-refractivity contribution < 1.29 is 9.90 Å². The number of benzene rings is 1. The van der Waals surface area contributed by atoms with Gasteiger partial charge >= 0.3 is 0 Å². The van der Waals surface area contributed by atoms with E-state index in [1.807, 2.05) is 37.3 Å². The molecular formula is C14H19NO2. The number of rotatable bonds is 5. The summed E-state index contributed by atoms with van der Waals surface area (Å²) in [5.41, 5.74) is 0.566. The number of nitrogens with one attached hydrogen (secondary N) is 1. The van der Waals surface area contributed by atoms with Gasteiger partial charge in [-0.15, -0.1) is 6.58 Å². The third-order valence-corrected chi connectivity index (χ3v) is 2.28. The maximum atomic E-state index is 11.7. The maximum Gasteiger partial charge on any atom is 0.227 e. The Morgan fingerprint density at radius 2 is 1.94 bits per heavy atom. The molecule has 0 aromatic heterocycles. The van der Waals surface area contributed by atoms with Gasteiger partial charge in [0.1, 0.15) is 0 Å². The van der Waals surface area contributed by atoms with Crippen molar-refractivity contribution in [2.24, 2.45) is 0 Å². The number of carbonyl (C=O) groups excluding carboxylic acids is 1. The van der Waals surface area contributed by atoms with E-state index < -0.39 is 5.60 Å². The molecule has 1 aromatic rings. The van der Waals surface area contributed by atoms with Crippen LogP contribution in [-0.4, -0.2) is 16.6 Å². The third-order valence-electron chi connectivity index (χ3n) is 2.28. The fourth-order valence-electron chi connectivity index (χ4n) is 1.79. The van der Waals surface area contributed by atoms with E-state index in [9.17, 15) is 9.90 Å². The molecule has 0 aliphatic rings. The lowest BCUT2D eigenvalue weighted by Gasteiger charge is -2.22. The molecule has 0 radical (unpaired) electrons. The van der Waals surface area contributed by atoms with Gasteiger partial charge in [-0.2, -0.15) is 0 Å². The predicted octanol–water partition coefficient (Wildman–Crippen LogP) is 2.73. The molecule has 1 rings (SSSR count). The van der Waals surface area contributed by atoms with Crippen LogP contribution in [0.3, 0.4) is 0 Å². The minimum absolute atomic E-state index is 0.0642. The number of amides is 1. The second-order valence-corrected chi connectivity index (χ2v) is 4.72. The van der Waals surface area contributed by atoms with E-state index in [1.165, 1.54) is 0 Å². The Balaban J connectivity index is 2.52. The molecule has 17 heavy (non-hydrogen) atoms. The van der Waals surface area contributed by atoms with Gasteiger partial charge in [-0.05, 0) is 32.4 Å². The van der Waals surface area contributed by atoms with Gasteiger partial charge in [-0.3, -0.25) is 4.79 Å². The summed E-state index contributed by atoms with van der Waals surface area (Å²) >= 11 is 0. The molecule has 0 aliphatic carbocycles. The first-order valence-corrected chi connectivity index (χ1v) is 5.61. The number of para-hydroxylation sites is 1. The zero-order valence-corrected chi connectivity index (χ0v) is 10.4. The Kier molecular flexibility index (Phi) is 4.46. The lowest BCUT2D eigenvalue weighted by molar-refractivity contribution is -0.120. The molecule has 0 bridgehead atoms. The predicted molar refractivity (Wildman–Crippen MR) is 69.7 cm³/mol. The van der Waals surface area contributed by atoms with Crippen molar-refractivity contribution in [3.8, 4) is 0 Å². The third kappa shape index (κ3) is 5.31. The lowest BCUT2D eigenvalue weighted by Crippen LogP contribution is -2.30. The van der Waals surface area contributed by atoms with Crippen molar-refractivity contribution in [2.45, 2.75) is 32.3 Å². The molecule has 3 nitrogen and oxygen atoms in total. The van der Waals surface area contributed by atoms with Crippen LogP contribution in [0.15, 0.2) is 42.5 Å². The number of aliphatic hydroxyl groups is 1. The fourth-order valence-corrected chi connectivity index (χ4v) is 1.79. The number of carbonyl (C=O) groups is 1. The van der Waals surface area contributed by atoms with Crippen molar-refractivity contribution in [1.82, 2.24) is 0 Å². The topological polar surface area (TPSA) is 49.3 Å². The zero-order chi connectivity index (χ0) is 12.9. The zero-order valence-electron chi connectivity index (χ0n) is 10.4. The van der Waals surface area contributed by atoms with Gasteiger partial charge in [0, 0.05) is 5.69 Å². The molecule has 1 atom stereocenters. The summed E-state index contributed by atoms with van der Waals surface area (Å²) in [6, 6.07) is 9.20. The quantitative estimate of drug-likeness (QED) is 0.768. The molecule has 0 fully saturated rings. The Bertz CT molecular complexity index is 396. The van der Waals surface area contributed by atoms with Gasteiger partial charge < -0.3 is 10.4 Å². The average Bonchev–Trinajstić information content (AvgIpc) is 2.15. The second kappa shape index (κ2) is 5.64. The van der Waals surface area contributed by atoms with Crippen LogP contribution < -0.4 is 5.32 Å². The number of hydrogen-bond acceptors (Lipinski definition) is 2. The van der Waals surface area contributed by atoms with Crippen LogP contribution in [-0.2, 0) is 4.79 Å². The largest absolute Gasteiger partial charge is 0.389 e. The summed E-state index contributed by atoms with van der Waals surface area (Å²) in [6.45, 7) is 7.22. The van der Waals surface area contributed by atoms with Crippen LogP contribution in [0.2, 0.25) is 0 Å². The highest BCUT2D eigenvalue weighted by molar-refractivity contribution is 5.91. The van der Waals surface area contributed by atoms with Crippen molar-refractivity contribution >= 4 is 11.6 Å². The Hall–Kier alpha value is -1.61. The van der Waals surface area contributed by atoms with E-state index >= 15 is 0 Å². The SMILES string of the molecule is C=C(C)CC(C)(O)CC(=O)Nc1ccccc1. The summed E-state index contributed by atoms with van der Waals surface area (Å²) in [5.74, 6) is -0.192.